The average molecular weight is 396 g/mol. The van der Waals surface area contributed by atoms with E-state index in [2.05, 4.69) is 50.0 Å². The van der Waals surface area contributed by atoms with Gasteiger partial charge in [-0.3, -0.25) is 4.90 Å². The first kappa shape index (κ1) is 18.8. The van der Waals surface area contributed by atoms with E-state index >= 15 is 0 Å². The normalized spacial score (nSPS) is 22.3. The topological polar surface area (TPSA) is 54.0 Å². The maximum atomic E-state index is 5.84. The van der Waals surface area contributed by atoms with Crippen molar-refractivity contribution < 1.29 is 9.47 Å². The first-order chi connectivity index (χ1) is 14.3. The summed E-state index contributed by atoms with van der Waals surface area (Å²) in [5.41, 5.74) is 1.37. The van der Waals surface area contributed by atoms with Crippen LogP contribution >= 0.6 is 0 Å². The van der Waals surface area contributed by atoms with Crippen molar-refractivity contribution in [2.24, 2.45) is 0 Å². The second kappa shape index (κ2) is 8.26. The molecule has 0 radical (unpaired) electrons. The Morgan fingerprint density at radius 3 is 2.28 bits per heavy atom. The quantitative estimate of drug-likeness (QED) is 0.786. The predicted molar refractivity (Wildman–Crippen MR) is 112 cm³/mol. The van der Waals surface area contributed by atoms with Crippen LogP contribution in [-0.4, -0.2) is 73.1 Å². The van der Waals surface area contributed by atoms with E-state index in [1.807, 2.05) is 12.3 Å². The van der Waals surface area contributed by atoms with Crippen molar-refractivity contribution in [1.82, 2.24) is 14.9 Å². The van der Waals surface area contributed by atoms with Gasteiger partial charge in [-0.25, -0.2) is 4.98 Å². The molecule has 3 fully saturated rings. The molecule has 0 amide bonds. The molecule has 3 aliphatic rings. The lowest BCUT2D eigenvalue weighted by atomic mass is 10.0. The second-order valence-corrected chi connectivity index (χ2v) is 8.06. The lowest BCUT2D eigenvalue weighted by Gasteiger charge is -2.38. The van der Waals surface area contributed by atoms with Gasteiger partial charge in [0, 0.05) is 64.9 Å². The van der Waals surface area contributed by atoms with Crippen molar-refractivity contribution >= 4 is 11.8 Å². The Hall–Kier alpha value is -2.22. The molecule has 3 aliphatic heterocycles. The SMILES string of the molecule is c1ccc(CN2CCN(c3nccc(N4CCC5(CC4)OCCO5)n3)CC2)cc1. The highest BCUT2D eigenvalue weighted by atomic mass is 16.7. The Morgan fingerprint density at radius 1 is 0.828 bits per heavy atom. The summed E-state index contributed by atoms with van der Waals surface area (Å²) >= 11 is 0. The van der Waals surface area contributed by atoms with Crippen molar-refractivity contribution in [2.75, 3.05) is 62.3 Å². The highest BCUT2D eigenvalue weighted by Crippen LogP contribution is 2.32. The van der Waals surface area contributed by atoms with Crippen LogP contribution in [0.15, 0.2) is 42.6 Å². The number of piperazine rings is 1. The maximum absolute atomic E-state index is 5.84. The number of anilines is 2. The molecule has 2 aromatic rings. The number of rotatable bonds is 4. The minimum Gasteiger partial charge on any atom is -0.356 e. The Bertz CT molecular complexity index is 794. The minimum atomic E-state index is -0.346. The number of hydrogen-bond acceptors (Lipinski definition) is 7. The number of hydrogen-bond donors (Lipinski definition) is 0. The molecule has 3 saturated heterocycles. The van der Waals surface area contributed by atoms with E-state index in [0.717, 1.165) is 70.4 Å². The molecule has 7 nitrogen and oxygen atoms in total. The molecule has 0 N–H and O–H groups in total. The van der Waals surface area contributed by atoms with Crippen molar-refractivity contribution in [3.8, 4) is 0 Å². The molecule has 0 saturated carbocycles. The molecule has 7 heteroatoms. The van der Waals surface area contributed by atoms with Gasteiger partial charge in [-0.1, -0.05) is 30.3 Å². The smallest absolute Gasteiger partial charge is 0.227 e. The summed E-state index contributed by atoms with van der Waals surface area (Å²) in [6.45, 7) is 8.23. The van der Waals surface area contributed by atoms with E-state index in [1.54, 1.807) is 0 Å². The van der Waals surface area contributed by atoms with Gasteiger partial charge in [0.2, 0.25) is 5.95 Å². The zero-order valence-electron chi connectivity index (χ0n) is 16.9. The van der Waals surface area contributed by atoms with Crippen molar-refractivity contribution in [3.05, 3.63) is 48.2 Å². The number of nitrogens with zero attached hydrogens (tertiary/aromatic N) is 5. The standard InChI is InChI=1S/C22H29N5O2/c1-2-4-19(5-3-1)18-25-12-14-27(15-13-25)21-23-9-6-20(24-21)26-10-7-22(8-11-26)28-16-17-29-22/h1-6,9H,7-8,10-18H2. The van der Waals surface area contributed by atoms with Crippen molar-refractivity contribution in [1.29, 1.82) is 0 Å². The van der Waals surface area contributed by atoms with Crippen molar-refractivity contribution in [2.45, 2.75) is 25.2 Å². The summed E-state index contributed by atoms with van der Waals surface area (Å²) in [4.78, 5) is 16.6. The molecule has 4 heterocycles. The van der Waals surface area contributed by atoms with Gasteiger partial charge in [-0.05, 0) is 11.6 Å². The van der Waals surface area contributed by atoms with Gasteiger partial charge in [0.15, 0.2) is 5.79 Å². The van der Waals surface area contributed by atoms with E-state index in [4.69, 9.17) is 14.5 Å². The Balaban J connectivity index is 1.18. The molecule has 0 bridgehead atoms. The largest absolute Gasteiger partial charge is 0.356 e. The third-order valence-corrected chi connectivity index (χ3v) is 6.20. The van der Waals surface area contributed by atoms with Crippen LogP contribution < -0.4 is 9.80 Å². The molecule has 154 valence electrons. The number of benzene rings is 1. The van der Waals surface area contributed by atoms with Crippen LogP contribution in [0, 0.1) is 0 Å². The summed E-state index contributed by atoms with van der Waals surface area (Å²) in [6.07, 6.45) is 3.68. The molecule has 0 aliphatic carbocycles. The fourth-order valence-corrected chi connectivity index (χ4v) is 4.48. The monoisotopic (exact) mass is 395 g/mol. The molecule has 0 unspecified atom stereocenters. The second-order valence-electron chi connectivity index (χ2n) is 8.06. The summed E-state index contributed by atoms with van der Waals surface area (Å²) in [6, 6.07) is 12.7. The van der Waals surface area contributed by atoms with Crippen LogP contribution in [0.3, 0.4) is 0 Å². The fraction of sp³-hybridized carbons (Fsp3) is 0.545. The van der Waals surface area contributed by atoms with E-state index < -0.39 is 0 Å². The minimum absolute atomic E-state index is 0.346. The third-order valence-electron chi connectivity index (χ3n) is 6.20. The zero-order valence-corrected chi connectivity index (χ0v) is 16.9. The Kier molecular flexibility index (Phi) is 5.35. The van der Waals surface area contributed by atoms with Gasteiger partial charge >= 0.3 is 0 Å². The molecule has 1 aromatic carbocycles. The summed E-state index contributed by atoms with van der Waals surface area (Å²) < 4.78 is 11.7. The summed E-state index contributed by atoms with van der Waals surface area (Å²) in [5, 5.41) is 0. The van der Waals surface area contributed by atoms with E-state index in [1.165, 1.54) is 5.56 Å². The average Bonchev–Trinajstić information content (AvgIpc) is 3.23. The molecule has 0 atom stereocenters. The lowest BCUT2D eigenvalue weighted by molar-refractivity contribution is -0.169. The van der Waals surface area contributed by atoms with Crippen LogP contribution in [0.1, 0.15) is 18.4 Å². The summed E-state index contributed by atoms with van der Waals surface area (Å²) in [5.74, 6) is 1.51. The van der Waals surface area contributed by atoms with Crippen LogP contribution in [0.4, 0.5) is 11.8 Å². The van der Waals surface area contributed by atoms with Crippen molar-refractivity contribution in [3.63, 3.8) is 0 Å². The van der Waals surface area contributed by atoms with Crippen LogP contribution in [0.5, 0.6) is 0 Å². The van der Waals surface area contributed by atoms with Crippen LogP contribution in [0.2, 0.25) is 0 Å². The van der Waals surface area contributed by atoms with Gasteiger partial charge in [0.1, 0.15) is 5.82 Å². The van der Waals surface area contributed by atoms with Crippen LogP contribution in [0.25, 0.3) is 0 Å². The highest BCUT2D eigenvalue weighted by Gasteiger charge is 2.40. The van der Waals surface area contributed by atoms with E-state index in [0.29, 0.717) is 13.2 Å². The molecule has 5 rings (SSSR count). The summed E-state index contributed by atoms with van der Waals surface area (Å²) in [7, 11) is 0. The van der Waals surface area contributed by atoms with Gasteiger partial charge in [0.25, 0.3) is 0 Å². The number of ether oxygens (including phenoxy) is 2. The van der Waals surface area contributed by atoms with Crippen LogP contribution in [-0.2, 0) is 16.0 Å². The third kappa shape index (κ3) is 4.22. The molecule has 1 spiro atoms. The fourth-order valence-electron chi connectivity index (χ4n) is 4.48. The van der Waals surface area contributed by atoms with E-state index in [9.17, 15) is 0 Å². The molecular weight excluding hydrogens is 366 g/mol. The number of aromatic nitrogens is 2. The zero-order chi connectivity index (χ0) is 19.5. The highest BCUT2D eigenvalue weighted by molar-refractivity contribution is 5.44. The van der Waals surface area contributed by atoms with Gasteiger partial charge in [-0.15, -0.1) is 0 Å². The Labute approximate surface area is 172 Å². The predicted octanol–water partition coefficient (Wildman–Crippen LogP) is 2.14. The van der Waals surface area contributed by atoms with Gasteiger partial charge in [-0.2, -0.15) is 4.98 Å². The first-order valence-electron chi connectivity index (χ1n) is 10.7. The molecular formula is C22H29N5O2. The van der Waals surface area contributed by atoms with E-state index in [-0.39, 0.29) is 5.79 Å². The van der Waals surface area contributed by atoms with Gasteiger partial charge < -0.3 is 19.3 Å². The Morgan fingerprint density at radius 2 is 1.55 bits per heavy atom. The van der Waals surface area contributed by atoms with Gasteiger partial charge in [0.05, 0.1) is 13.2 Å². The molecule has 29 heavy (non-hydrogen) atoms. The first-order valence-corrected chi connectivity index (χ1v) is 10.7. The lowest BCUT2D eigenvalue weighted by Crippen LogP contribution is -2.47. The number of piperidine rings is 1. The maximum Gasteiger partial charge on any atom is 0.227 e. The molecule has 1 aromatic heterocycles.